The highest BCUT2D eigenvalue weighted by molar-refractivity contribution is 5.95. The van der Waals surface area contributed by atoms with E-state index in [-0.39, 0.29) is 11.7 Å². The van der Waals surface area contributed by atoms with E-state index in [1.807, 2.05) is 6.07 Å². The van der Waals surface area contributed by atoms with E-state index in [0.29, 0.717) is 17.2 Å². The van der Waals surface area contributed by atoms with Crippen LogP contribution in [0.3, 0.4) is 0 Å². The zero-order chi connectivity index (χ0) is 14.5. The van der Waals surface area contributed by atoms with Gasteiger partial charge in [0, 0.05) is 18.2 Å². The Balaban J connectivity index is 2.11. The lowest BCUT2D eigenvalue weighted by molar-refractivity contribution is -0.114. The summed E-state index contributed by atoms with van der Waals surface area (Å²) in [6.07, 6.45) is 0. The van der Waals surface area contributed by atoms with E-state index in [2.05, 4.69) is 20.8 Å². The molecule has 2 rings (SSSR count). The average Bonchev–Trinajstić information content (AvgIpc) is 2.41. The van der Waals surface area contributed by atoms with Crippen LogP contribution in [0.4, 0.5) is 17.3 Å². The molecule has 0 bridgehead atoms. The van der Waals surface area contributed by atoms with E-state index in [4.69, 9.17) is 0 Å². The number of benzene rings is 1. The van der Waals surface area contributed by atoms with E-state index >= 15 is 0 Å². The van der Waals surface area contributed by atoms with Crippen molar-refractivity contribution in [1.82, 2.24) is 10.2 Å². The number of hydrogen-bond acceptors (Lipinski definition) is 5. The van der Waals surface area contributed by atoms with Crippen LogP contribution in [-0.2, 0) is 4.79 Å². The second-order valence-electron chi connectivity index (χ2n) is 4.25. The van der Waals surface area contributed by atoms with Crippen molar-refractivity contribution in [2.24, 2.45) is 0 Å². The largest absolute Gasteiger partial charge is 0.339 e. The average molecular weight is 270 g/mol. The Bertz CT molecular complexity index is 638. The van der Waals surface area contributed by atoms with E-state index in [9.17, 15) is 9.59 Å². The van der Waals surface area contributed by atoms with Crippen molar-refractivity contribution in [3.05, 3.63) is 42.0 Å². The quantitative estimate of drug-likeness (QED) is 0.833. The molecule has 2 N–H and O–H groups in total. The van der Waals surface area contributed by atoms with Crippen LogP contribution < -0.4 is 10.6 Å². The Morgan fingerprint density at radius 2 is 1.70 bits per heavy atom. The highest BCUT2D eigenvalue weighted by Crippen LogP contribution is 2.16. The van der Waals surface area contributed by atoms with Crippen molar-refractivity contribution in [3.8, 4) is 0 Å². The first-order valence-electron chi connectivity index (χ1n) is 6.04. The zero-order valence-corrected chi connectivity index (χ0v) is 11.2. The Hall–Kier alpha value is -2.76. The molecule has 1 heterocycles. The van der Waals surface area contributed by atoms with Gasteiger partial charge in [-0.1, -0.05) is 12.1 Å². The van der Waals surface area contributed by atoms with E-state index in [0.717, 1.165) is 5.69 Å². The number of amides is 1. The minimum Gasteiger partial charge on any atom is -0.339 e. The van der Waals surface area contributed by atoms with Gasteiger partial charge in [0.15, 0.2) is 17.4 Å². The van der Waals surface area contributed by atoms with Gasteiger partial charge in [-0.3, -0.25) is 9.59 Å². The second kappa shape index (κ2) is 5.92. The van der Waals surface area contributed by atoms with Gasteiger partial charge in [-0.15, -0.1) is 10.2 Å². The monoisotopic (exact) mass is 270 g/mol. The molecule has 0 unspecified atom stereocenters. The second-order valence-corrected chi connectivity index (χ2v) is 4.25. The SMILES string of the molecule is CC(=O)Nc1ccc(Nc2cccc(C(C)=O)c2)nn1. The smallest absolute Gasteiger partial charge is 0.222 e. The Morgan fingerprint density at radius 3 is 2.30 bits per heavy atom. The van der Waals surface area contributed by atoms with Gasteiger partial charge in [0.25, 0.3) is 0 Å². The number of Topliss-reactive ketones (excluding diaryl/α,β-unsaturated/α-hetero) is 1. The molecule has 6 heteroatoms. The van der Waals surface area contributed by atoms with Crippen molar-refractivity contribution in [2.75, 3.05) is 10.6 Å². The number of nitrogens with zero attached hydrogens (tertiary/aromatic N) is 2. The molecular formula is C14H14N4O2. The van der Waals surface area contributed by atoms with Crippen LogP contribution in [0.2, 0.25) is 0 Å². The summed E-state index contributed by atoms with van der Waals surface area (Å²) in [5.41, 5.74) is 1.37. The molecule has 0 fully saturated rings. The summed E-state index contributed by atoms with van der Waals surface area (Å²) >= 11 is 0. The van der Waals surface area contributed by atoms with Gasteiger partial charge >= 0.3 is 0 Å². The van der Waals surface area contributed by atoms with Crippen LogP contribution in [0, 0.1) is 0 Å². The molecule has 0 atom stereocenters. The summed E-state index contributed by atoms with van der Waals surface area (Å²) in [7, 11) is 0. The van der Waals surface area contributed by atoms with Gasteiger partial charge < -0.3 is 10.6 Å². The number of ketones is 1. The van der Waals surface area contributed by atoms with Crippen LogP contribution >= 0.6 is 0 Å². The first kappa shape index (κ1) is 13.7. The molecule has 1 aromatic carbocycles. The molecule has 0 saturated carbocycles. The van der Waals surface area contributed by atoms with Gasteiger partial charge in [-0.25, -0.2) is 0 Å². The molecule has 0 spiro atoms. The normalized spacial score (nSPS) is 9.90. The third-order valence-corrected chi connectivity index (χ3v) is 2.51. The maximum absolute atomic E-state index is 11.3. The Morgan fingerprint density at radius 1 is 1.00 bits per heavy atom. The predicted octanol–water partition coefficient (Wildman–Crippen LogP) is 2.38. The molecule has 0 aliphatic rings. The number of aromatic nitrogens is 2. The molecule has 0 radical (unpaired) electrons. The molecule has 0 saturated heterocycles. The number of rotatable bonds is 4. The van der Waals surface area contributed by atoms with Crippen LogP contribution in [0.1, 0.15) is 24.2 Å². The maximum Gasteiger partial charge on any atom is 0.222 e. The van der Waals surface area contributed by atoms with Crippen molar-refractivity contribution < 1.29 is 9.59 Å². The third kappa shape index (κ3) is 3.61. The summed E-state index contributed by atoms with van der Waals surface area (Å²) in [6.45, 7) is 2.92. The Labute approximate surface area is 116 Å². The van der Waals surface area contributed by atoms with E-state index < -0.39 is 0 Å². The number of hydrogen-bond donors (Lipinski definition) is 2. The van der Waals surface area contributed by atoms with Crippen molar-refractivity contribution in [3.63, 3.8) is 0 Å². The highest BCUT2D eigenvalue weighted by atomic mass is 16.1. The minimum atomic E-state index is -0.200. The first-order valence-corrected chi connectivity index (χ1v) is 6.04. The summed E-state index contributed by atoms with van der Waals surface area (Å²) < 4.78 is 0. The lowest BCUT2D eigenvalue weighted by Gasteiger charge is -2.06. The van der Waals surface area contributed by atoms with Gasteiger partial charge in [0.1, 0.15) is 0 Å². The third-order valence-electron chi connectivity index (χ3n) is 2.51. The fourth-order valence-corrected chi connectivity index (χ4v) is 1.61. The predicted molar refractivity (Wildman–Crippen MR) is 76.1 cm³/mol. The van der Waals surface area contributed by atoms with Crippen LogP contribution in [0.5, 0.6) is 0 Å². The van der Waals surface area contributed by atoms with Crippen molar-refractivity contribution in [1.29, 1.82) is 0 Å². The fourth-order valence-electron chi connectivity index (χ4n) is 1.61. The number of anilines is 3. The Kier molecular flexibility index (Phi) is 4.05. The molecule has 6 nitrogen and oxygen atoms in total. The zero-order valence-electron chi connectivity index (χ0n) is 11.2. The number of carbonyl (C=O) groups excluding carboxylic acids is 2. The standard InChI is InChI=1S/C14H14N4O2/c1-9(19)11-4-3-5-12(8-11)16-14-7-6-13(17-18-14)15-10(2)20/h3-8H,1-2H3,(H,16,18)(H,15,17,20). The molecule has 20 heavy (non-hydrogen) atoms. The highest BCUT2D eigenvalue weighted by Gasteiger charge is 2.03. The molecule has 1 aromatic heterocycles. The lowest BCUT2D eigenvalue weighted by atomic mass is 10.1. The van der Waals surface area contributed by atoms with E-state index in [1.165, 1.54) is 13.8 Å². The van der Waals surface area contributed by atoms with Crippen molar-refractivity contribution >= 4 is 29.0 Å². The summed E-state index contributed by atoms with van der Waals surface area (Å²) in [4.78, 5) is 22.2. The van der Waals surface area contributed by atoms with E-state index in [1.54, 1.807) is 30.3 Å². The summed E-state index contributed by atoms with van der Waals surface area (Å²) in [5, 5.41) is 13.4. The molecule has 1 amide bonds. The molecule has 2 aromatic rings. The van der Waals surface area contributed by atoms with Gasteiger partial charge in [-0.05, 0) is 31.2 Å². The molecular weight excluding hydrogens is 256 g/mol. The first-order chi connectivity index (χ1) is 9.54. The fraction of sp³-hybridized carbons (Fsp3) is 0.143. The topological polar surface area (TPSA) is 84.0 Å². The molecule has 0 aliphatic heterocycles. The molecule has 102 valence electrons. The lowest BCUT2D eigenvalue weighted by Crippen LogP contribution is -2.08. The van der Waals surface area contributed by atoms with Crippen molar-refractivity contribution in [2.45, 2.75) is 13.8 Å². The van der Waals surface area contributed by atoms with Gasteiger partial charge in [-0.2, -0.15) is 0 Å². The number of nitrogens with one attached hydrogen (secondary N) is 2. The minimum absolute atomic E-state index is 0.000685. The number of carbonyl (C=O) groups is 2. The summed E-state index contributed by atoms with van der Waals surface area (Å²) in [6, 6.07) is 10.4. The van der Waals surface area contributed by atoms with Crippen LogP contribution in [0.25, 0.3) is 0 Å². The van der Waals surface area contributed by atoms with Gasteiger partial charge in [0.2, 0.25) is 5.91 Å². The van der Waals surface area contributed by atoms with Gasteiger partial charge in [0.05, 0.1) is 0 Å². The summed E-state index contributed by atoms with van der Waals surface area (Å²) in [5.74, 6) is 0.718. The van der Waals surface area contributed by atoms with Crippen LogP contribution in [0.15, 0.2) is 36.4 Å². The molecule has 0 aliphatic carbocycles. The van der Waals surface area contributed by atoms with Crippen LogP contribution in [-0.4, -0.2) is 21.9 Å². The maximum atomic E-state index is 11.3.